The van der Waals surface area contributed by atoms with E-state index in [4.69, 9.17) is 4.84 Å². The molecule has 1 aromatic rings. The Morgan fingerprint density at radius 1 is 1.03 bits per heavy atom. The number of rotatable bonds is 6. The van der Waals surface area contributed by atoms with Crippen molar-refractivity contribution in [1.29, 1.82) is 0 Å². The lowest BCUT2D eigenvalue weighted by molar-refractivity contribution is -0.266. The molecule has 1 aromatic carbocycles. The zero-order chi connectivity index (χ0) is 21.9. The Bertz CT molecular complexity index is 712. The maximum atomic E-state index is 15.2. The van der Waals surface area contributed by atoms with Crippen molar-refractivity contribution in [1.82, 2.24) is 5.06 Å². The topological polar surface area (TPSA) is 12.5 Å². The van der Waals surface area contributed by atoms with Gasteiger partial charge in [-0.1, -0.05) is 24.3 Å². The van der Waals surface area contributed by atoms with Crippen LogP contribution in [0.15, 0.2) is 30.4 Å². The second-order valence-electron chi connectivity index (χ2n) is 10.9. The van der Waals surface area contributed by atoms with E-state index >= 15 is 4.39 Å². The summed E-state index contributed by atoms with van der Waals surface area (Å²) in [5.41, 5.74) is 1.93. The maximum Gasteiger partial charge on any atom is 0.126 e. The van der Waals surface area contributed by atoms with Crippen LogP contribution in [0, 0.1) is 11.7 Å². The van der Waals surface area contributed by atoms with Crippen molar-refractivity contribution in [2.45, 2.75) is 109 Å². The highest BCUT2D eigenvalue weighted by Gasteiger charge is 2.46. The number of allylic oxidation sites excluding steroid dienone is 2. The van der Waals surface area contributed by atoms with Crippen LogP contribution in [0.1, 0.15) is 109 Å². The van der Waals surface area contributed by atoms with E-state index in [0.29, 0.717) is 11.8 Å². The van der Waals surface area contributed by atoms with Crippen LogP contribution >= 0.6 is 0 Å². The Hall–Kier alpha value is -1.19. The second kappa shape index (κ2) is 9.53. The quantitative estimate of drug-likeness (QED) is 0.440. The Kier molecular flexibility index (Phi) is 7.45. The van der Waals surface area contributed by atoms with Crippen LogP contribution < -0.4 is 0 Å². The van der Waals surface area contributed by atoms with Crippen LogP contribution in [0.4, 0.5) is 4.39 Å². The molecular formula is C27H42FNO. The molecule has 0 atom stereocenters. The molecule has 0 aromatic heterocycles. The van der Waals surface area contributed by atoms with Gasteiger partial charge in [0.05, 0.1) is 7.11 Å². The van der Waals surface area contributed by atoms with Gasteiger partial charge in [0, 0.05) is 11.1 Å². The standard InChI is InChI=1S/C27H42FNO/c1-7-8-9-10-20-11-13-21(14-12-20)24-16-15-22(17-25(24)28)23-18-26(2,3)29(30-6)27(4,5)19-23/h7-8,15-17,20-21,23H,9-14,18-19H2,1-6H3/b8-7+. The number of hydrogen-bond acceptors (Lipinski definition) is 2. The van der Waals surface area contributed by atoms with Gasteiger partial charge in [-0.3, -0.25) is 0 Å². The van der Waals surface area contributed by atoms with Crippen molar-refractivity contribution in [2.75, 3.05) is 7.11 Å². The van der Waals surface area contributed by atoms with E-state index in [2.05, 4.69) is 64.0 Å². The van der Waals surface area contributed by atoms with Gasteiger partial charge in [-0.2, -0.15) is 5.06 Å². The fourth-order valence-electron chi connectivity index (χ4n) is 6.38. The van der Waals surface area contributed by atoms with Crippen LogP contribution in [-0.4, -0.2) is 23.3 Å². The SMILES string of the molecule is C/C=C/CCC1CCC(c2ccc(C3CC(C)(C)N(OC)C(C)(C)C3)cc2F)CC1. The van der Waals surface area contributed by atoms with Gasteiger partial charge < -0.3 is 4.84 Å². The first kappa shape index (κ1) is 23.5. The molecular weight excluding hydrogens is 373 g/mol. The zero-order valence-corrected chi connectivity index (χ0v) is 20.0. The summed E-state index contributed by atoms with van der Waals surface area (Å²) in [5, 5.41) is 2.12. The largest absolute Gasteiger partial charge is 0.301 e. The van der Waals surface area contributed by atoms with E-state index in [1.807, 2.05) is 6.07 Å². The van der Waals surface area contributed by atoms with Crippen LogP contribution in [0.2, 0.25) is 0 Å². The molecule has 1 aliphatic carbocycles. The third-order valence-corrected chi connectivity index (χ3v) is 7.53. The summed E-state index contributed by atoms with van der Waals surface area (Å²) in [4.78, 5) is 5.72. The van der Waals surface area contributed by atoms with Crippen molar-refractivity contribution in [3.8, 4) is 0 Å². The molecule has 168 valence electrons. The summed E-state index contributed by atoms with van der Waals surface area (Å²) in [6, 6.07) is 6.14. The van der Waals surface area contributed by atoms with E-state index in [0.717, 1.165) is 42.7 Å². The molecule has 0 radical (unpaired) electrons. The monoisotopic (exact) mass is 415 g/mol. The molecule has 3 heteroatoms. The Morgan fingerprint density at radius 2 is 1.67 bits per heavy atom. The lowest BCUT2D eigenvalue weighted by Crippen LogP contribution is -2.59. The molecule has 3 rings (SSSR count). The number of hydroxylamine groups is 2. The van der Waals surface area contributed by atoms with Gasteiger partial charge in [-0.05, 0) is 121 Å². The fraction of sp³-hybridized carbons (Fsp3) is 0.704. The van der Waals surface area contributed by atoms with Crippen molar-refractivity contribution in [3.63, 3.8) is 0 Å². The molecule has 1 saturated heterocycles. The first-order valence-electron chi connectivity index (χ1n) is 11.9. The Balaban J connectivity index is 1.68. The molecule has 0 unspecified atom stereocenters. The van der Waals surface area contributed by atoms with Gasteiger partial charge >= 0.3 is 0 Å². The van der Waals surface area contributed by atoms with Gasteiger partial charge in [0.1, 0.15) is 5.82 Å². The molecule has 0 N–H and O–H groups in total. The third-order valence-electron chi connectivity index (χ3n) is 7.53. The van der Waals surface area contributed by atoms with E-state index in [1.165, 1.54) is 25.7 Å². The van der Waals surface area contributed by atoms with Gasteiger partial charge in [-0.15, -0.1) is 0 Å². The zero-order valence-electron chi connectivity index (χ0n) is 20.0. The number of nitrogens with zero attached hydrogens (tertiary/aromatic N) is 1. The van der Waals surface area contributed by atoms with Crippen LogP contribution in [0.3, 0.4) is 0 Å². The number of hydrogen-bond donors (Lipinski definition) is 0. The molecule has 0 spiro atoms. The van der Waals surface area contributed by atoms with Gasteiger partial charge in [-0.25, -0.2) is 4.39 Å². The first-order valence-corrected chi connectivity index (χ1v) is 11.9. The van der Waals surface area contributed by atoms with Gasteiger partial charge in [0.25, 0.3) is 0 Å². The number of piperidine rings is 1. The summed E-state index contributed by atoms with van der Waals surface area (Å²) < 4.78 is 15.2. The molecule has 1 saturated carbocycles. The summed E-state index contributed by atoms with van der Waals surface area (Å²) in [6.07, 6.45) is 13.6. The summed E-state index contributed by atoms with van der Waals surface area (Å²) >= 11 is 0. The van der Waals surface area contributed by atoms with Crippen LogP contribution in [0.25, 0.3) is 0 Å². The lowest BCUT2D eigenvalue weighted by Gasteiger charge is -2.53. The average Bonchev–Trinajstić information content (AvgIpc) is 2.67. The maximum absolute atomic E-state index is 15.2. The number of halogens is 1. The minimum absolute atomic E-state index is 0.00893. The van der Waals surface area contributed by atoms with Crippen LogP contribution in [0.5, 0.6) is 0 Å². The average molecular weight is 416 g/mol. The molecule has 30 heavy (non-hydrogen) atoms. The summed E-state index contributed by atoms with van der Waals surface area (Å²) in [5.74, 6) is 1.57. The third kappa shape index (κ3) is 5.16. The van der Waals surface area contributed by atoms with Gasteiger partial charge in [0.15, 0.2) is 0 Å². The number of benzene rings is 1. The van der Waals surface area contributed by atoms with E-state index < -0.39 is 0 Å². The summed E-state index contributed by atoms with van der Waals surface area (Å²) in [6.45, 7) is 11.0. The van der Waals surface area contributed by atoms with Crippen LogP contribution in [-0.2, 0) is 4.84 Å². The highest BCUT2D eigenvalue weighted by atomic mass is 19.1. The van der Waals surface area contributed by atoms with Crippen molar-refractivity contribution in [3.05, 3.63) is 47.3 Å². The molecule has 2 fully saturated rings. The predicted octanol–water partition coefficient (Wildman–Crippen LogP) is 7.75. The molecule has 0 bridgehead atoms. The van der Waals surface area contributed by atoms with E-state index in [9.17, 15) is 0 Å². The smallest absolute Gasteiger partial charge is 0.126 e. The normalized spacial score (nSPS) is 27.6. The summed E-state index contributed by atoms with van der Waals surface area (Å²) in [7, 11) is 1.76. The molecule has 0 amide bonds. The Labute approximate surface area is 183 Å². The minimum atomic E-state index is -0.0817. The van der Waals surface area contributed by atoms with Crippen molar-refractivity contribution in [2.24, 2.45) is 5.92 Å². The second-order valence-corrected chi connectivity index (χ2v) is 10.9. The predicted molar refractivity (Wildman–Crippen MR) is 124 cm³/mol. The van der Waals surface area contributed by atoms with Gasteiger partial charge in [0.2, 0.25) is 0 Å². The van der Waals surface area contributed by atoms with E-state index in [1.54, 1.807) is 7.11 Å². The molecule has 2 aliphatic rings. The Morgan fingerprint density at radius 3 is 2.20 bits per heavy atom. The minimum Gasteiger partial charge on any atom is -0.301 e. The molecule has 2 nitrogen and oxygen atoms in total. The fourth-order valence-corrected chi connectivity index (χ4v) is 6.38. The lowest BCUT2D eigenvalue weighted by atomic mass is 9.72. The highest BCUT2D eigenvalue weighted by Crippen LogP contribution is 2.46. The van der Waals surface area contributed by atoms with Crippen molar-refractivity contribution < 1.29 is 9.23 Å². The molecule has 1 heterocycles. The molecule has 1 aliphatic heterocycles. The first-order chi connectivity index (χ1) is 14.2. The van der Waals surface area contributed by atoms with E-state index in [-0.39, 0.29) is 16.9 Å². The van der Waals surface area contributed by atoms with Crippen molar-refractivity contribution >= 4 is 0 Å². The highest BCUT2D eigenvalue weighted by molar-refractivity contribution is 5.31.